The Kier molecular flexibility index (Phi) is 5.60. The van der Waals surface area contributed by atoms with Gasteiger partial charge in [-0.1, -0.05) is 52.0 Å². The lowest BCUT2D eigenvalue weighted by Gasteiger charge is -2.20. The maximum absolute atomic E-state index is 12.6. The van der Waals surface area contributed by atoms with Crippen LogP contribution in [0.1, 0.15) is 56.4 Å². The number of nitrogens with one attached hydrogen (secondary N) is 1. The third kappa shape index (κ3) is 3.94. The summed E-state index contributed by atoms with van der Waals surface area (Å²) >= 11 is 0. The number of anilines is 1. The lowest BCUT2D eigenvalue weighted by Crippen LogP contribution is -2.29. The number of para-hydroxylation sites is 1. The molecule has 1 amide bonds. The van der Waals surface area contributed by atoms with Crippen molar-refractivity contribution >= 4 is 11.6 Å². The Morgan fingerprint density at radius 1 is 1.00 bits per heavy atom. The van der Waals surface area contributed by atoms with Gasteiger partial charge in [-0.3, -0.25) is 9.59 Å². The Bertz CT molecular complexity index is 762. The van der Waals surface area contributed by atoms with Gasteiger partial charge >= 0.3 is 0 Å². The number of pyridine rings is 1. The van der Waals surface area contributed by atoms with Crippen molar-refractivity contribution in [3.05, 3.63) is 63.6 Å². The van der Waals surface area contributed by atoms with E-state index < -0.39 is 0 Å². The summed E-state index contributed by atoms with van der Waals surface area (Å²) in [5, 5.41) is 3.05. The fourth-order valence-corrected chi connectivity index (χ4v) is 2.84. The first kappa shape index (κ1) is 18.0. The normalized spacial score (nSPS) is 11.1. The van der Waals surface area contributed by atoms with Crippen LogP contribution in [0.15, 0.2) is 41.2 Å². The minimum Gasteiger partial charge on any atom is -0.324 e. The first-order valence-electron chi connectivity index (χ1n) is 8.40. The summed E-state index contributed by atoms with van der Waals surface area (Å²) in [6.45, 7) is 10.3. The van der Waals surface area contributed by atoms with E-state index in [-0.39, 0.29) is 18.0 Å². The van der Waals surface area contributed by atoms with Crippen LogP contribution >= 0.6 is 0 Å². The number of amides is 1. The topological polar surface area (TPSA) is 51.1 Å². The molecule has 0 saturated heterocycles. The Balaban J connectivity index is 2.33. The standard InChI is InChI=1S/C20H26N2O2/c1-13(2)16-9-7-10-17(14(3)4)20(16)21-18(23)12-22-15(5)8-6-11-19(22)24/h6-11,13-14H,12H2,1-5H3,(H,21,23). The summed E-state index contributed by atoms with van der Waals surface area (Å²) in [5.41, 5.74) is 3.73. The van der Waals surface area contributed by atoms with Crippen LogP contribution in [0.2, 0.25) is 0 Å². The van der Waals surface area contributed by atoms with Gasteiger partial charge in [0, 0.05) is 17.4 Å². The van der Waals surface area contributed by atoms with Crippen molar-refractivity contribution in [3.8, 4) is 0 Å². The molecule has 2 rings (SSSR count). The van der Waals surface area contributed by atoms with E-state index >= 15 is 0 Å². The quantitative estimate of drug-likeness (QED) is 0.901. The molecule has 1 aromatic heterocycles. The summed E-state index contributed by atoms with van der Waals surface area (Å²) in [6, 6.07) is 11.1. The summed E-state index contributed by atoms with van der Waals surface area (Å²) < 4.78 is 1.49. The molecule has 0 aliphatic rings. The molecule has 0 radical (unpaired) electrons. The van der Waals surface area contributed by atoms with E-state index in [0.29, 0.717) is 11.8 Å². The number of hydrogen-bond donors (Lipinski definition) is 1. The van der Waals surface area contributed by atoms with Crippen molar-refractivity contribution in [2.75, 3.05) is 5.32 Å². The second-order valence-corrected chi connectivity index (χ2v) is 6.76. The van der Waals surface area contributed by atoms with Crippen molar-refractivity contribution in [2.24, 2.45) is 0 Å². The zero-order valence-corrected chi connectivity index (χ0v) is 15.1. The highest BCUT2D eigenvalue weighted by molar-refractivity contribution is 5.92. The molecule has 4 heteroatoms. The van der Waals surface area contributed by atoms with Crippen molar-refractivity contribution in [1.29, 1.82) is 0 Å². The van der Waals surface area contributed by atoms with Crippen LogP contribution in [-0.2, 0) is 11.3 Å². The summed E-state index contributed by atoms with van der Waals surface area (Å²) in [7, 11) is 0. The molecule has 0 aliphatic carbocycles. The number of carbonyl (C=O) groups excluding carboxylic acids is 1. The molecule has 24 heavy (non-hydrogen) atoms. The van der Waals surface area contributed by atoms with Gasteiger partial charge in [0.2, 0.25) is 5.91 Å². The minimum absolute atomic E-state index is 0.0233. The number of nitrogens with zero attached hydrogens (tertiary/aromatic N) is 1. The van der Waals surface area contributed by atoms with E-state index in [9.17, 15) is 9.59 Å². The van der Waals surface area contributed by atoms with Crippen LogP contribution in [0.25, 0.3) is 0 Å². The van der Waals surface area contributed by atoms with E-state index in [1.807, 2.05) is 31.2 Å². The number of carbonyl (C=O) groups is 1. The highest BCUT2D eigenvalue weighted by atomic mass is 16.2. The van der Waals surface area contributed by atoms with Crippen molar-refractivity contribution in [1.82, 2.24) is 4.57 Å². The molecule has 0 atom stereocenters. The van der Waals surface area contributed by atoms with Gasteiger partial charge in [-0.2, -0.15) is 0 Å². The van der Waals surface area contributed by atoms with Crippen molar-refractivity contribution in [3.63, 3.8) is 0 Å². The third-order valence-corrected chi connectivity index (χ3v) is 4.21. The number of hydrogen-bond acceptors (Lipinski definition) is 2. The second-order valence-electron chi connectivity index (χ2n) is 6.76. The molecule has 2 aromatic rings. The van der Waals surface area contributed by atoms with Gasteiger partial charge in [-0.15, -0.1) is 0 Å². The fourth-order valence-electron chi connectivity index (χ4n) is 2.84. The van der Waals surface area contributed by atoms with Gasteiger partial charge in [0.1, 0.15) is 6.54 Å². The third-order valence-electron chi connectivity index (χ3n) is 4.21. The highest BCUT2D eigenvalue weighted by Crippen LogP contribution is 2.32. The first-order chi connectivity index (χ1) is 11.3. The largest absolute Gasteiger partial charge is 0.324 e. The van der Waals surface area contributed by atoms with Gasteiger partial charge in [-0.25, -0.2) is 0 Å². The van der Waals surface area contributed by atoms with Crippen LogP contribution < -0.4 is 10.9 Å². The summed E-state index contributed by atoms with van der Waals surface area (Å²) in [6.07, 6.45) is 0. The smallest absolute Gasteiger partial charge is 0.251 e. The van der Waals surface area contributed by atoms with Gasteiger partial charge < -0.3 is 9.88 Å². The van der Waals surface area contributed by atoms with Crippen LogP contribution in [-0.4, -0.2) is 10.5 Å². The van der Waals surface area contributed by atoms with E-state index in [0.717, 1.165) is 22.5 Å². The monoisotopic (exact) mass is 326 g/mol. The molecule has 0 spiro atoms. The molecular formula is C20H26N2O2. The molecule has 1 N–H and O–H groups in total. The van der Waals surface area contributed by atoms with E-state index in [2.05, 4.69) is 33.0 Å². The van der Waals surface area contributed by atoms with Crippen molar-refractivity contribution < 1.29 is 4.79 Å². The molecular weight excluding hydrogens is 300 g/mol. The van der Waals surface area contributed by atoms with E-state index in [4.69, 9.17) is 0 Å². The minimum atomic E-state index is -0.179. The molecule has 1 heterocycles. The van der Waals surface area contributed by atoms with E-state index in [1.54, 1.807) is 6.07 Å². The second kappa shape index (κ2) is 7.47. The average molecular weight is 326 g/mol. The molecule has 128 valence electrons. The zero-order valence-electron chi connectivity index (χ0n) is 15.1. The van der Waals surface area contributed by atoms with E-state index in [1.165, 1.54) is 10.6 Å². The molecule has 0 saturated carbocycles. The molecule has 0 fully saturated rings. The lowest BCUT2D eigenvalue weighted by atomic mass is 9.92. The first-order valence-corrected chi connectivity index (χ1v) is 8.40. The van der Waals surface area contributed by atoms with Gasteiger partial charge in [0.15, 0.2) is 0 Å². The van der Waals surface area contributed by atoms with Crippen LogP contribution in [0.4, 0.5) is 5.69 Å². The lowest BCUT2D eigenvalue weighted by molar-refractivity contribution is -0.116. The number of rotatable bonds is 5. The fraction of sp³-hybridized carbons (Fsp3) is 0.400. The predicted octanol–water partition coefficient (Wildman–Crippen LogP) is 4.04. The Hall–Kier alpha value is -2.36. The van der Waals surface area contributed by atoms with Gasteiger partial charge in [0.05, 0.1) is 0 Å². The zero-order chi connectivity index (χ0) is 17.9. The van der Waals surface area contributed by atoms with Gasteiger partial charge in [0.25, 0.3) is 5.56 Å². The highest BCUT2D eigenvalue weighted by Gasteiger charge is 2.16. The number of benzene rings is 1. The Morgan fingerprint density at radius 2 is 1.54 bits per heavy atom. The predicted molar refractivity (Wildman–Crippen MR) is 98.7 cm³/mol. The molecule has 0 aliphatic heterocycles. The van der Waals surface area contributed by atoms with Crippen LogP contribution in [0.3, 0.4) is 0 Å². The van der Waals surface area contributed by atoms with Gasteiger partial charge in [-0.05, 0) is 36.0 Å². The van der Waals surface area contributed by atoms with Crippen LogP contribution in [0, 0.1) is 6.92 Å². The number of aryl methyl sites for hydroxylation is 1. The maximum atomic E-state index is 12.6. The average Bonchev–Trinajstić information content (AvgIpc) is 2.50. The molecule has 0 unspecified atom stereocenters. The number of aromatic nitrogens is 1. The molecule has 0 bridgehead atoms. The maximum Gasteiger partial charge on any atom is 0.251 e. The van der Waals surface area contributed by atoms with Crippen molar-refractivity contribution in [2.45, 2.75) is 53.0 Å². The molecule has 4 nitrogen and oxygen atoms in total. The molecule has 1 aromatic carbocycles. The Morgan fingerprint density at radius 3 is 2.04 bits per heavy atom. The summed E-state index contributed by atoms with van der Waals surface area (Å²) in [5.74, 6) is 0.432. The Labute approximate surface area is 143 Å². The summed E-state index contributed by atoms with van der Waals surface area (Å²) in [4.78, 5) is 24.5. The van der Waals surface area contributed by atoms with Crippen LogP contribution in [0.5, 0.6) is 0 Å². The SMILES string of the molecule is Cc1cccc(=O)n1CC(=O)Nc1c(C(C)C)cccc1C(C)C.